The van der Waals surface area contributed by atoms with Gasteiger partial charge in [0.1, 0.15) is 11.6 Å². The standard InChI is InChI=1S/C16H22N6O/c1-2-13-18-16(21-20-13)19-15(23)12-7-8-14(17-11-12)22-9-5-3-4-6-10-22/h7-8,11H,2-6,9-10H2,1H3,(H2,18,19,20,21,23). The van der Waals surface area contributed by atoms with Crippen molar-refractivity contribution in [2.75, 3.05) is 23.3 Å². The lowest BCUT2D eigenvalue weighted by Crippen LogP contribution is -2.25. The van der Waals surface area contributed by atoms with Crippen LogP contribution in [0.2, 0.25) is 0 Å². The predicted molar refractivity (Wildman–Crippen MR) is 88.6 cm³/mol. The van der Waals surface area contributed by atoms with Gasteiger partial charge < -0.3 is 4.90 Å². The summed E-state index contributed by atoms with van der Waals surface area (Å²) in [5.41, 5.74) is 0.506. The second-order valence-corrected chi connectivity index (χ2v) is 5.72. The Morgan fingerprint density at radius 1 is 1.26 bits per heavy atom. The fourth-order valence-electron chi connectivity index (χ4n) is 2.69. The molecule has 1 aliphatic heterocycles. The molecule has 1 fully saturated rings. The Kier molecular flexibility index (Phi) is 4.85. The van der Waals surface area contributed by atoms with Gasteiger partial charge in [-0.15, -0.1) is 5.10 Å². The number of rotatable bonds is 4. The summed E-state index contributed by atoms with van der Waals surface area (Å²) in [7, 11) is 0. The average Bonchev–Trinajstić information content (AvgIpc) is 2.86. The molecule has 2 aromatic rings. The van der Waals surface area contributed by atoms with Crippen molar-refractivity contribution in [3.8, 4) is 0 Å². The molecule has 1 amide bonds. The van der Waals surface area contributed by atoms with Crippen molar-refractivity contribution >= 4 is 17.7 Å². The maximum atomic E-state index is 12.2. The maximum Gasteiger partial charge on any atom is 0.259 e. The van der Waals surface area contributed by atoms with Crippen molar-refractivity contribution in [3.63, 3.8) is 0 Å². The monoisotopic (exact) mass is 314 g/mol. The fraction of sp³-hybridized carbons (Fsp3) is 0.500. The summed E-state index contributed by atoms with van der Waals surface area (Å²) < 4.78 is 0. The number of aromatic nitrogens is 4. The highest BCUT2D eigenvalue weighted by Crippen LogP contribution is 2.17. The van der Waals surface area contributed by atoms with E-state index in [4.69, 9.17) is 0 Å². The van der Waals surface area contributed by atoms with E-state index >= 15 is 0 Å². The first-order valence-electron chi connectivity index (χ1n) is 8.20. The number of pyridine rings is 1. The van der Waals surface area contributed by atoms with E-state index in [-0.39, 0.29) is 5.91 Å². The van der Waals surface area contributed by atoms with E-state index in [2.05, 4.69) is 30.4 Å². The molecule has 1 saturated heterocycles. The van der Waals surface area contributed by atoms with Gasteiger partial charge in [0.15, 0.2) is 0 Å². The second kappa shape index (κ2) is 7.21. The normalized spacial score (nSPS) is 15.3. The Morgan fingerprint density at radius 3 is 2.65 bits per heavy atom. The number of carbonyl (C=O) groups is 1. The highest BCUT2D eigenvalue weighted by molar-refractivity contribution is 6.03. The second-order valence-electron chi connectivity index (χ2n) is 5.72. The van der Waals surface area contributed by atoms with Crippen molar-refractivity contribution in [2.24, 2.45) is 0 Å². The van der Waals surface area contributed by atoms with E-state index in [1.165, 1.54) is 25.7 Å². The average molecular weight is 314 g/mol. The van der Waals surface area contributed by atoms with Crippen LogP contribution in [0.25, 0.3) is 0 Å². The largest absolute Gasteiger partial charge is 0.357 e. The highest BCUT2D eigenvalue weighted by Gasteiger charge is 2.13. The van der Waals surface area contributed by atoms with E-state index in [1.54, 1.807) is 12.3 Å². The molecule has 0 saturated carbocycles. The molecule has 0 unspecified atom stereocenters. The summed E-state index contributed by atoms with van der Waals surface area (Å²) in [6.07, 6.45) is 7.34. The van der Waals surface area contributed by atoms with Crippen LogP contribution in [0.1, 0.15) is 48.8 Å². The van der Waals surface area contributed by atoms with E-state index in [9.17, 15) is 4.79 Å². The number of H-pyrrole nitrogens is 1. The zero-order valence-corrected chi connectivity index (χ0v) is 13.4. The first kappa shape index (κ1) is 15.5. The fourth-order valence-corrected chi connectivity index (χ4v) is 2.69. The van der Waals surface area contributed by atoms with Gasteiger partial charge in [-0.25, -0.2) is 4.98 Å². The van der Waals surface area contributed by atoms with E-state index in [0.29, 0.717) is 11.5 Å². The van der Waals surface area contributed by atoms with Crippen LogP contribution in [-0.2, 0) is 6.42 Å². The van der Waals surface area contributed by atoms with Gasteiger partial charge >= 0.3 is 0 Å². The minimum Gasteiger partial charge on any atom is -0.357 e. The number of nitrogens with zero attached hydrogens (tertiary/aromatic N) is 4. The molecule has 0 bridgehead atoms. The summed E-state index contributed by atoms with van der Waals surface area (Å²) in [5, 5.41) is 9.41. The number of hydrogen-bond donors (Lipinski definition) is 2. The molecular formula is C16H22N6O. The third kappa shape index (κ3) is 3.85. The summed E-state index contributed by atoms with van der Waals surface area (Å²) in [6.45, 7) is 4.04. The number of anilines is 2. The molecular weight excluding hydrogens is 292 g/mol. The van der Waals surface area contributed by atoms with Crippen molar-refractivity contribution in [1.82, 2.24) is 20.2 Å². The zero-order chi connectivity index (χ0) is 16.1. The number of amides is 1. The van der Waals surface area contributed by atoms with Crippen LogP contribution in [0.3, 0.4) is 0 Å². The van der Waals surface area contributed by atoms with Crippen LogP contribution in [0.4, 0.5) is 11.8 Å². The number of carbonyl (C=O) groups excluding carboxylic acids is 1. The number of hydrogen-bond acceptors (Lipinski definition) is 5. The molecule has 7 nitrogen and oxygen atoms in total. The third-order valence-corrected chi connectivity index (χ3v) is 4.03. The maximum absolute atomic E-state index is 12.2. The van der Waals surface area contributed by atoms with Crippen LogP contribution in [0, 0.1) is 0 Å². The Labute approximate surface area is 135 Å². The lowest BCUT2D eigenvalue weighted by molar-refractivity contribution is 0.102. The Bertz CT molecular complexity index is 643. The molecule has 0 spiro atoms. The molecule has 1 aliphatic rings. The minimum absolute atomic E-state index is 0.249. The Morgan fingerprint density at radius 2 is 2.04 bits per heavy atom. The summed E-state index contributed by atoms with van der Waals surface area (Å²) in [4.78, 5) is 23.1. The van der Waals surface area contributed by atoms with Crippen molar-refractivity contribution in [3.05, 3.63) is 29.7 Å². The molecule has 0 aromatic carbocycles. The molecule has 7 heteroatoms. The highest BCUT2D eigenvalue weighted by atomic mass is 16.1. The third-order valence-electron chi connectivity index (χ3n) is 4.03. The molecule has 2 N–H and O–H groups in total. The van der Waals surface area contributed by atoms with Gasteiger partial charge in [0.25, 0.3) is 5.91 Å². The summed E-state index contributed by atoms with van der Waals surface area (Å²) >= 11 is 0. The van der Waals surface area contributed by atoms with Crippen LogP contribution in [-0.4, -0.2) is 39.2 Å². The summed E-state index contributed by atoms with van der Waals surface area (Å²) in [5.74, 6) is 1.73. The van der Waals surface area contributed by atoms with Gasteiger partial charge in [-0.1, -0.05) is 19.8 Å². The first-order valence-corrected chi connectivity index (χ1v) is 8.20. The number of aryl methyl sites for hydroxylation is 1. The van der Waals surface area contributed by atoms with Crippen LogP contribution < -0.4 is 10.2 Å². The Balaban J connectivity index is 1.64. The summed E-state index contributed by atoms with van der Waals surface area (Å²) in [6, 6.07) is 3.71. The lowest BCUT2D eigenvalue weighted by Gasteiger charge is -2.21. The molecule has 3 heterocycles. The van der Waals surface area contributed by atoms with Gasteiger partial charge in [-0.05, 0) is 25.0 Å². The predicted octanol–water partition coefficient (Wildman–Crippen LogP) is 2.39. The zero-order valence-electron chi connectivity index (χ0n) is 13.4. The number of aromatic amines is 1. The SMILES string of the molecule is CCc1nc(NC(=O)c2ccc(N3CCCCCC3)nc2)n[nH]1. The molecule has 2 aromatic heterocycles. The van der Waals surface area contributed by atoms with Gasteiger partial charge in [-0.3, -0.25) is 15.2 Å². The minimum atomic E-state index is -0.249. The van der Waals surface area contributed by atoms with Gasteiger partial charge in [0.05, 0.1) is 5.56 Å². The molecule has 0 atom stereocenters. The molecule has 0 aliphatic carbocycles. The Hall–Kier alpha value is -2.44. The molecule has 122 valence electrons. The van der Waals surface area contributed by atoms with E-state index < -0.39 is 0 Å². The number of nitrogens with one attached hydrogen (secondary N) is 2. The molecule has 0 radical (unpaired) electrons. The van der Waals surface area contributed by atoms with E-state index in [1.807, 2.05) is 13.0 Å². The van der Waals surface area contributed by atoms with Crippen LogP contribution in [0.5, 0.6) is 0 Å². The molecule has 23 heavy (non-hydrogen) atoms. The van der Waals surface area contributed by atoms with Gasteiger partial charge in [-0.2, -0.15) is 4.98 Å². The smallest absolute Gasteiger partial charge is 0.259 e. The van der Waals surface area contributed by atoms with Crippen molar-refractivity contribution < 1.29 is 4.79 Å². The van der Waals surface area contributed by atoms with Gasteiger partial charge in [0.2, 0.25) is 5.95 Å². The molecule has 3 rings (SSSR count). The quantitative estimate of drug-likeness (QED) is 0.905. The van der Waals surface area contributed by atoms with Crippen LogP contribution in [0.15, 0.2) is 18.3 Å². The van der Waals surface area contributed by atoms with Gasteiger partial charge in [0, 0.05) is 25.7 Å². The topological polar surface area (TPSA) is 86.8 Å². The lowest BCUT2D eigenvalue weighted by atomic mass is 10.2. The van der Waals surface area contributed by atoms with Crippen molar-refractivity contribution in [2.45, 2.75) is 39.0 Å². The first-order chi connectivity index (χ1) is 11.3. The van der Waals surface area contributed by atoms with Crippen molar-refractivity contribution in [1.29, 1.82) is 0 Å². The van der Waals surface area contributed by atoms with E-state index in [0.717, 1.165) is 31.2 Å². The van der Waals surface area contributed by atoms with Crippen LogP contribution >= 0.6 is 0 Å².